The molecule has 0 unspecified atom stereocenters. The molecule has 3 aliphatic rings. The molecule has 2 aliphatic heterocycles. The van der Waals surface area contributed by atoms with Gasteiger partial charge in [0.1, 0.15) is 5.65 Å². The lowest BCUT2D eigenvalue weighted by molar-refractivity contribution is 0.0697. The number of rotatable bonds is 5. The van der Waals surface area contributed by atoms with Crippen LogP contribution in [-0.2, 0) is 4.74 Å². The third-order valence-corrected chi connectivity index (χ3v) is 8.81. The van der Waals surface area contributed by atoms with Crippen molar-refractivity contribution in [2.75, 3.05) is 31.6 Å². The number of hydrogen-bond acceptors (Lipinski definition) is 6. The minimum absolute atomic E-state index is 0.0179. The molecule has 3 aromatic rings. The van der Waals surface area contributed by atoms with Gasteiger partial charge < -0.3 is 20.3 Å². The van der Waals surface area contributed by atoms with Crippen molar-refractivity contribution in [1.29, 1.82) is 0 Å². The number of carbonyl (C=O) groups is 1. The highest BCUT2D eigenvalue weighted by Gasteiger charge is 2.27. The molecule has 0 bridgehead atoms. The lowest BCUT2D eigenvalue weighted by Crippen LogP contribution is -2.49. The number of fused-ring (bicyclic) bond motifs is 1. The molecule has 2 N–H and O–H groups in total. The van der Waals surface area contributed by atoms with Crippen molar-refractivity contribution in [3.8, 4) is 11.1 Å². The van der Waals surface area contributed by atoms with Crippen LogP contribution in [-0.4, -0.2) is 63.9 Å². The molecule has 1 saturated carbocycles. The maximum Gasteiger partial charge on any atom is 0.317 e. The Morgan fingerprint density at radius 2 is 1.70 bits per heavy atom. The summed E-state index contributed by atoms with van der Waals surface area (Å²) in [4.78, 5) is 38.2. The first-order valence-corrected chi connectivity index (χ1v) is 14.9. The summed E-state index contributed by atoms with van der Waals surface area (Å²) in [6.45, 7) is 4.71. The zero-order valence-electron chi connectivity index (χ0n) is 23.4. The van der Waals surface area contributed by atoms with E-state index in [0.717, 1.165) is 55.0 Å². The van der Waals surface area contributed by atoms with Crippen LogP contribution in [0.25, 0.3) is 22.2 Å². The Morgan fingerprint density at radius 1 is 0.950 bits per heavy atom. The van der Waals surface area contributed by atoms with Gasteiger partial charge in [-0.25, -0.2) is 9.78 Å². The standard InChI is InChI=1S/C31H40N6O3/c1-21-7-5-6-10-26(21)27-19-22-20-32-30(35-28(22)37(29(27)38)25-13-17-40-18-14-25)33-24-11-15-36(16-12-24)31(39)34-23-8-3-2-4-9-23/h5-7,10,19-20,23-25H,2-4,8-9,11-18H2,1H3,(H,34,39)(H,32,33,35). The second-order valence-electron chi connectivity index (χ2n) is 11.6. The summed E-state index contributed by atoms with van der Waals surface area (Å²) in [5, 5.41) is 7.59. The maximum atomic E-state index is 14.0. The van der Waals surface area contributed by atoms with Crippen LogP contribution in [0.5, 0.6) is 0 Å². The molecule has 2 aromatic heterocycles. The van der Waals surface area contributed by atoms with Crippen LogP contribution in [0.1, 0.15) is 69.4 Å². The molecular formula is C31H40N6O3. The van der Waals surface area contributed by atoms with E-state index in [2.05, 4.69) is 15.6 Å². The molecule has 0 atom stereocenters. The SMILES string of the molecule is Cc1ccccc1-c1cc2cnc(NC3CCN(C(=O)NC4CCCCC4)CC3)nc2n(C2CCOCC2)c1=O. The van der Waals surface area contributed by atoms with E-state index in [1.165, 1.54) is 19.3 Å². The first-order valence-electron chi connectivity index (χ1n) is 14.9. The van der Waals surface area contributed by atoms with Crippen molar-refractivity contribution in [3.05, 3.63) is 52.4 Å². The molecule has 4 heterocycles. The van der Waals surface area contributed by atoms with Crippen LogP contribution >= 0.6 is 0 Å². The minimum atomic E-state index is -0.0179. The Hall–Kier alpha value is -3.46. The number of aryl methyl sites for hydroxylation is 1. The lowest BCUT2D eigenvalue weighted by Gasteiger charge is -2.34. The van der Waals surface area contributed by atoms with Gasteiger partial charge in [-0.2, -0.15) is 4.98 Å². The Labute approximate surface area is 235 Å². The van der Waals surface area contributed by atoms with Gasteiger partial charge in [0.25, 0.3) is 5.56 Å². The van der Waals surface area contributed by atoms with Gasteiger partial charge in [-0.3, -0.25) is 9.36 Å². The van der Waals surface area contributed by atoms with Gasteiger partial charge in [0.05, 0.1) is 0 Å². The van der Waals surface area contributed by atoms with E-state index < -0.39 is 0 Å². The van der Waals surface area contributed by atoms with E-state index in [0.29, 0.717) is 49.5 Å². The molecule has 0 spiro atoms. The predicted molar refractivity (Wildman–Crippen MR) is 157 cm³/mol. The van der Waals surface area contributed by atoms with E-state index >= 15 is 0 Å². The summed E-state index contributed by atoms with van der Waals surface area (Å²) in [7, 11) is 0. The number of pyridine rings is 1. The number of nitrogens with zero attached hydrogens (tertiary/aromatic N) is 4. The molecule has 9 heteroatoms. The number of benzene rings is 1. The Kier molecular flexibility index (Phi) is 8.00. The number of amides is 2. The summed E-state index contributed by atoms with van der Waals surface area (Å²) < 4.78 is 7.49. The van der Waals surface area contributed by atoms with Crippen LogP contribution in [0.4, 0.5) is 10.7 Å². The van der Waals surface area contributed by atoms with E-state index in [4.69, 9.17) is 9.72 Å². The monoisotopic (exact) mass is 544 g/mol. The van der Waals surface area contributed by atoms with Crippen LogP contribution in [0, 0.1) is 6.92 Å². The number of carbonyl (C=O) groups excluding carboxylic acids is 1. The summed E-state index contributed by atoms with van der Waals surface area (Å²) in [5.74, 6) is 0.529. The second-order valence-corrected chi connectivity index (χ2v) is 11.6. The number of ether oxygens (including phenoxy) is 1. The third kappa shape index (κ3) is 5.70. The molecular weight excluding hydrogens is 504 g/mol. The smallest absolute Gasteiger partial charge is 0.317 e. The van der Waals surface area contributed by atoms with Crippen molar-refractivity contribution < 1.29 is 9.53 Å². The molecule has 1 aliphatic carbocycles. The summed E-state index contributed by atoms with van der Waals surface area (Å²) >= 11 is 0. The fourth-order valence-corrected chi connectivity index (χ4v) is 6.46. The fourth-order valence-electron chi connectivity index (χ4n) is 6.46. The molecule has 3 fully saturated rings. The van der Waals surface area contributed by atoms with E-state index in [-0.39, 0.29) is 23.7 Å². The Morgan fingerprint density at radius 3 is 2.45 bits per heavy atom. The van der Waals surface area contributed by atoms with Crippen LogP contribution in [0.2, 0.25) is 0 Å². The van der Waals surface area contributed by atoms with Crippen LogP contribution in [0.15, 0.2) is 41.3 Å². The number of aromatic nitrogens is 3. The van der Waals surface area contributed by atoms with Crippen molar-refractivity contribution in [2.45, 2.75) is 82.8 Å². The molecule has 212 valence electrons. The fraction of sp³-hybridized carbons (Fsp3) is 0.548. The number of hydrogen-bond donors (Lipinski definition) is 2. The van der Waals surface area contributed by atoms with Gasteiger partial charge in [0.15, 0.2) is 0 Å². The molecule has 6 rings (SSSR count). The van der Waals surface area contributed by atoms with Crippen molar-refractivity contribution in [3.63, 3.8) is 0 Å². The highest BCUT2D eigenvalue weighted by molar-refractivity contribution is 5.82. The largest absolute Gasteiger partial charge is 0.381 e. The summed E-state index contributed by atoms with van der Waals surface area (Å²) in [5.41, 5.74) is 3.33. The van der Waals surface area contributed by atoms with Crippen molar-refractivity contribution in [1.82, 2.24) is 24.8 Å². The minimum Gasteiger partial charge on any atom is -0.381 e. The predicted octanol–water partition coefficient (Wildman–Crippen LogP) is 5.04. The van der Waals surface area contributed by atoms with Gasteiger partial charge in [0.2, 0.25) is 5.95 Å². The van der Waals surface area contributed by atoms with Crippen LogP contribution < -0.4 is 16.2 Å². The summed E-state index contributed by atoms with van der Waals surface area (Å²) in [6, 6.07) is 10.5. The quantitative estimate of drug-likeness (QED) is 0.467. The zero-order valence-corrected chi connectivity index (χ0v) is 23.4. The lowest BCUT2D eigenvalue weighted by atomic mass is 9.95. The van der Waals surface area contributed by atoms with E-state index in [9.17, 15) is 9.59 Å². The third-order valence-electron chi connectivity index (χ3n) is 8.81. The summed E-state index contributed by atoms with van der Waals surface area (Å²) in [6.07, 6.45) is 10.9. The van der Waals surface area contributed by atoms with Crippen molar-refractivity contribution in [2.24, 2.45) is 0 Å². The molecule has 0 radical (unpaired) electrons. The number of piperidine rings is 1. The van der Waals surface area contributed by atoms with Gasteiger partial charge in [-0.05, 0) is 62.6 Å². The number of likely N-dealkylation sites (tertiary alicyclic amines) is 1. The average Bonchev–Trinajstić information content (AvgIpc) is 2.99. The highest BCUT2D eigenvalue weighted by atomic mass is 16.5. The Bertz CT molecular complexity index is 1400. The zero-order chi connectivity index (χ0) is 27.5. The molecule has 2 saturated heterocycles. The van der Waals surface area contributed by atoms with Gasteiger partial charge in [-0.15, -0.1) is 0 Å². The van der Waals surface area contributed by atoms with Crippen molar-refractivity contribution >= 4 is 23.0 Å². The highest BCUT2D eigenvalue weighted by Crippen LogP contribution is 2.28. The van der Waals surface area contributed by atoms with Crippen LogP contribution in [0.3, 0.4) is 0 Å². The maximum absolute atomic E-state index is 14.0. The second kappa shape index (κ2) is 12.0. The first-order chi connectivity index (χ1) is 19.6. The first kappa shape index (κ1) is 26.7. The number of anilines is 1. The van der Waals surface area contributed by atoms with Gasteiger partial charge in [-0.1, -0.05) is 43.5 Å². The van der Waals surface area contributed by atoms with Gasteiger partial charge >= 0.3 is 6.03 Å². The van der Waals surface area contributed by atoms with E-state index in [1.54, 1.807) is 0 Å². The number of urea groups is 1. The van der Waals surface area contributed by atoms with E-state index in [1.807, 2.05) is 52.9 Å². The van der Waals surface area contributed by atoms with Gasteiger partial charge in [0, 0.05) is 61.6 Å². The topological polar surface area (TPSA) is 101 Å². The average molecular weight is 545 g/mol. The Balaban J connectivity index is 1.21. The molecule has 40 heavy (non-hydrogen) atoms. The molecule has 2 amide bonds. The normalized spacial score (nSPS) is 19.6. The molecule has 1 aromatic carbocycles. The number of nitrogens with one attached hydrogen (secondary N) is 2. The molecule has 9 nitrogen and oxygen atoms in total.